The van der Waals surface area contributed by atoms with Crippen molar-refractivity contribution in [2.45, 2.75) is 33.1 Å². The second-order valence-electron chi connectivity index (χ2n) is 6.48. The summed E-state index contributed by atoms with van der Waals surface area (Å²) in [5, 5.41) is 3.49. The minimum atomic E-state index is -0.161. The number of nitrogens with zero attached hydrogens (tertiary/aromatic N) is 1. The summed E-state index contributed by atoms with van der Waals surface area (Å²) in [6.07, 6.45) is 4.77. The summed E-state index contributed by atoms with van der Waals surface area (Å²) < 4.78 is 5.63. The van der Waals surface area contributed by atoms with Crippen LogP contribution < -0.4 is 10.1 Å². The average molecular weight is 381 g/mol. The molecule has 0 fully saturated rings. The van der Waals surface area contributed by atoms with Gasteiger partial charge in [0.05, 0.1) is 6.61 Å². The van der Waals surface area contributed by atoms with Gasteiger partial charge in [-0.2, -0.15) is 0 Å². The molecule has 140 valence electrons. The summed E-state index contributed by atoms with van der Waals surface area (Å²) in [7, 11) is 0. The van der Waals surface area contributed by atoms with E-state index in [1.807, 2.05) is 18.3 Å². The number of hydrogen-bond acceptors (Lipinski definition) is 4. The number of carbonyl (C=O) groups excluding carboxylic acids is 1. The minimum absolute atomic E-state index is 0.161. The van der Waals surface area contributed by atoms with E-state index in [9.17, 15) is 4.79 Å². The van der Waals surface area contributed by atoms with Gasteiger partial charge >= 0.3 is 0 Å². The van der Waals surface area contributed by atoms with Crippen LogP contribution in [0.4, 0.5) is 5.13 Å². The monoisotopic (exact) mass is 380 g/mol. The Bertz CT molecular complexity index is 887. The summed E-state index contributed by atoms with van der Waals surface area (Å²) in [5.74, 6) is 0.626. The number of hydrogen-bond donors (Lipinski definition) is 1. The number of anilines is 1. The SMILES string of the molecule is CCCCOc1ccc(C(=O)Nc2ncc(Cc3cccc(C)c3)s2)cc1. The number of nitrogens with one attached hydrogen (secondary N) is 1. The number of unbranched alkanes of at least 4 members (excludes halogenated alkanes) is 1. The van der Waals surface area contributed by atoms with E-state index in [1.165, 1.54) is 22.5 Å². The zero-order chi connectivity index (χ0) is 19.1. The van der Waals surface area contributed by atoms with Crippen molar-refractivity contribution in [2.24, 2.45) is 0 Å². The van der Waals surface area contributed by atoms with Gasteiger partial charge in [-0.15, -0.1) is 11.3 Å². The van der Waals surface area contributed by atoms with E-state index in [2.05, 4.69) is 48.4 Å². The van der Waals surface area contributed by atoms with Gasteiger partial charge in [-0.25, -0.2) is 4.98 Å². The van der Waals surface area contributed by atoms with Gasteiger partial charge < -0.3 is 4.74 Å². The molecule has 0 unspecified atom stereocenters. The fraction of sp³-hybridized carbons (Fsp3) is 0.273. The Morgan fingerprint density at radius 3 is 2.74 bits per heavy atom. The molecule has 0 aliphatic rings. The van der Waals surface area contributed by atoms with Gasteiger partial charge in [-0.1, -0.05) is 43.2 Å². The van der Waals surface area contributed by atoms with Gasteiger partial charge in [0.1, 0.15) is 5.75 Å². The molecule has 1 heterocycles. The summed E-state index contributed by atoms with van der Waals surface area (Å²) in [6, 6.07) is 15.6. The van der Waals surface area contributed by atoms with Crippen molar-refractivity contribution in [3.05, 3.63) is 76.3 Å². The minimum Gasteiger partial charge on any atom is -0.494 e. The highest BCUT2D eigenvalue weighted by Gasteiger charge is 2.10. The van der Waals surface area contributed by atoms with Crippen molar-refractivity contribution in [2.75, 3.05) is 11.9 Å². The molecule has 3 rings (SSSR count). The smallest absolute Gasteiger partial charge is 0.257 e. The second-order valence-corrected chi connectivity index (χ2v) is 7.59. The van der Waals surface area contributed by atoms with Crippen LogP contribution in [-0.4, -0.2) is 17.5 Å². The van der Waals surface area contributed by atoms with E-state index in [-0.39, 0.29) is 5.91 Å². The van der Waals surface area contributed by atoms with E-state index in [0.717, 1.165) is 29.9 Å². The van der Waals surface area contributed by atoms with Gasteiger partial charge in [0.2, 0.25) is 0 Å². The first kappa shape index (κ1) is 19.1. The summed E-state index contributed by atoms with van der Waals surface area (Å²) in [6.45, 7) is 4.91. The van der Waals surface area contributed by atoms with E-state index >= 15 is 0 Å². The molecule has 0 bridgehead atoms. The Labute approximate surface area is 164 Å². The summed E-state index contributed by atoms with van der Waals surface area (Å²) in [5.41, 5.74) is 3.08. The third-order valence-electron chi connectivity index (χ3n) is 4.12. The largest absolute Gasteiger partial charge is 0.494 e. The maximum atomic E-state index is 12.4. The third kappa shape index (κ3) is 5.66. The highest BCUT2D eigenvalue weighted by Crippen LogP contribution is 2.22. The van der Waals surface area contributed by atoms with Gasteiger partial charge in [0.25, 0.3) is 5.91 Å². The number of thiazole rings is 1. The molecule has 0 saturated carbocycles. The predicted molar refractivity (Wildman–Crippen MR) is 111 cm³/mol. The molecule has 1 aromatic heterocycles. The first-order chi connectivity index (χ1) is 13.1. The Morgan fingerprint density at radius 1 is 1.19 bits per heavy atom. The summed E-state index contributed by atoms with van der Waals surface area (Å²) in [4.78, 5) is 17.9. The first-order valence-electron chi connectivity index (χ1n) is 9.18. The Hall–Kier alpha value is -2.66. The molecule has 1 N–H and O–H groups in total. The highest BCUT2D eigenvalue weighted by atomic mass is 32.1. The maximum absolute atomic E-state index is 12.4. The Kier molecular flexibility index (Phi) is 6.60. The Morgan fingerprint density at radius 2 is 2.00 bits per heavy atom. The number of aromatic nitrogens is 1. The fourth-order valence-electron chi connectivity index (χ4n) is 2.68. The van der Waals surface area contributed by atoms with Crippen molar-refractivity contribution in [1.29, 1.82) is 0 Å². The first-order valence-corrected chi connectivity index (χ1v) is 10.00. The summed E-state index contributed by atoms with van der Waals surface area (Å²) >= 11 is 1.51. The van der Waals surface area contributed by atoms with Gasteiger partial charge in [-0.3, -0.25) is 10.1 Å². The van der Waals surface area contributed by atoms with E-state index in [1.54, 1.807) is 12.1 Å². The number of amides is 1. The van der Waals surface area contributed by atoms with E-state index in [0.29, 0.717) is 17.3 Å². The number of rotatable bonds is 8. The Balaban J connectivity index is 1.57. The topological polar surface area (TPSA) is 51.2 Å². The lowest BCUT2D eigenvalue weighted by Gasteiger charge is -2.06. The maximum Gasteiger partial charge on any atom is 0.257 e. The van der Waals surface area contributed by atoms with Crippen LogP contribution in [0.5, 0.6) is 5.75 Å². The van der Waals surface area contributed by atoms with Crippen LogP contribution in [-0.2, 0) is 6.42 Å². The van der Waals surface area contributed by atoms with Crippen molar-refractivity contribution in [3.8, 4) is 5.75 Å². The molecule has 1 amide bonds. The number of aryl methyl sites for hydroxylation is 1. The standard InChI is InChI=1S/C22H24N2O2S/c1-3-4-12-26-19-10-8-18(9-11-19)21(25)24-22-23-15-20(27-22)14-17-7-5-6-16(2)13-17/h5-11,13,15H,3-4,12,14H2,1-2H3,(H,23,24,25). The normalized spacial score (nSPS) is 10.6. The van der Waals surface area contributed by atoms with Crippen LogP contribution in [0.25, 0.3) is 0 Å². The molecule has 2 aromatic carbocycles. The van der Waals surface area contributed by atoms with Crippen LogP contribution in [0.15, 0.2) is 54.7 Å². The fourth-order valence-corrected chi connectivity index (χ4v) is 3.52. The molecule has 0 spiro atoms. The molecule has 0 atom stereocenters. The second kappa shape index (κ2) is 9.33. The molecule has 5 heteroatoms. The lowest BCUT2D eigenvalue weighted by molar-refractivity contribution is 0.102. The molecular formula is C22H24N2O2S. The zero-order valence-electron chi connectivity index (χ0n) is 15.7. The van der Waals surface area contributed by atoms with E-state index < -0.39 is 0 Å². The lowest BCUT2D eigenvalue weighted by Crippen LogP contribution is -2.11. The number of benzene rings is 2. The molecule has 27 heavy (non-hydrogen) atoms. The molecule has 0 aliphatic heterocycles. The molecule has 0 radical (unpaired) electrons. The average Bonchev–Trinajstić information content (AvgIpc) is 3.09. The van der Waals surface area contributed by atoms with Crippen LogP contribution in [0.1, 0.15) is 46.1 Å². The lowest BCUT2D eigenvalue weighted by atomic mass is 10.1. The number of ether oxygens (including phenoxy) is 1. The highest BCUT2D eigenvalue weighted by molar-refractivity contribution is 7.15. The third-order valence-corrected chi connectivity index (χ3v) is 5.03. The molecular weight excluding hydrogens is 356 g/mol. The van der Waals surface area contributed by atoms with Crippen LogP contribution in [0.2, 0.25) is 0 Å². The zero-order valence-corrected chi connectivity index (χ0v) is 16.5. The van der Waals surface area contributed by atoms with Crippen molar-refractivity contribution in [3.63, 3.8) is 0 Å². The van der Waals surface area contributed by atoms with Gasteiger partial charge in [0, 0.05) is 23.1 Å². The van der Waals surface area contributed by atoms with Crippen molar-refractivity contribution >= 4 is 22.4 Å². The quantitative estimate of drug-likeness (QED) is 0.527. The van der Waals surface area contributed by atoms with Crippen molar-refractivity contribution < 1.29 is 9.53 Å². The predicted octanol–water partition coefficient (Wildman–Crippen LogP) is 5.47. The van der Waals surface area contributed by atoms with Crippen molar-refractivity contribution in [1.82, 2.24) is 4.98 Å². The van der Waals surface area contributed by atoms with Gasteiger partial charge in [-0.05, 0) is 43.2 Å². The molecule has 0 saturated heterocycles. The molecule has 3 aromatic rings. The molecule has 0 aliphatic carbocycles. The van der Waals surface area contributed by atoms with Gasteiger partial charge in [0.15, 0.2) is 5.13 Å². The van der Waals surface area contributed by atoms with Crippen LogP contribution in [0.3, 0.4) is 0 Å². The van der Waals surface area contributed by atoms with Crippen LogP contribution >= 0.6 is 11.3 Å². The molecule has 4 nitrogen and oxygen atoms in total. The number of carbonyl (C=O) groups is 1. The van der Waals surface area contributed by atoms with Crippen LogP contribution in [0, 0.1) is 6.92 Å². The van der Waals surface area contributed by atoms with E-state index in [4.69, 9.17) is 4.74 Å².